The maximum atomic E-state index is 12.5. The first kappa shape index (κ1) is 17.3. The summed E-state index contributed by atoms with van der Waals surface area (Å²) in [6.45, 7) is 2.03. The van der Waals surface area contributed by atoms with Gasteiger partial charge in [-0.3, -0.25) is 4.79 Å². The van der Waals surface area contributed by atoms with Crippen LogP contribution in [-0.2, 0) is 5.41 Å². The summed E-state index contributed by atoms with van der Waals surface area (Å²) < 4.78 is 0. The van der Waals surface area contributed by atoms with E-state index in [1.165, 1.54) is 44.1 Å². The standard InChI is InChI=1S/C24H26ClNO/c1-15-21(26-23(27)19-5-3-2-4-6-19)8-7-20(22(15)25)24-12-16-9-17(13-24)11-18(10-16)14-24/h2-8,16-18H,9-14H2,1H3,(H,26,27). The third-order valence-electron chi connectivity index (χ3n) is 7.28. The van der Waals surface area contributed by atoms with Gasteiger partial charge in [-0.2, -0.15) is 0 Å². The van der Waals surface area contributed by atoms with Gasteiger partial charge in [-0.15, -0.1) is 0 Å². The molecule has 4 bridgehead atoms. The molecule has 3 heteroatoms. The quantitative estimate of drug-likeness (QED) is 0.659. The SMILES string of the molecule is Cc1c(NC(=O)c2ccccc2)ccc(C23CC4CC(CC(C4)C2)C3)c1Cl. The Morgan fingerprint density at radius 3 is 2.15 bits per heavy atom. The van der Waals surface area contributed by atoms with Gasteiger partial charge in [-0.1, -0.05) is 35.9 Å². The first-order chi connectivity index (χ1) is 13.0. The van der Waals surface area contributed by atoms with Gasteiger partial charge in [0.1, 0.15) is 0 Å². The van der Waals surface area contributed by atoms with E-state index < -0.39 is 0 Å². The molecule has 0 saturated heterocycles. The maximum absolute atomic E-state index is 12.5. The molecule has 0 aliphatic heterocycles. The fourth-order valence-corrected chi connectivity index (χ4v) is 6.82. The first-order valence-electron chi connectivity index (χ1n) is 10.2. The zero-order valence-corrected chi connectivity index (χ0v) is 16.6. The van der Waals surface area contributed by atoms with Crippen molar-refractivity contribution < 1.29 is 4.79 Å². The second kappa shape index (κ2) is 6.38. The molecule has 1 N–H and O–H groups in total. The number of rotatable bonds is 3. The zero-order chi connectivity index (χ0) is 18.6. The van der Waals surface area contributed by atoms with Crippen molar-refractivity contribution in [2.24, 2.45) is 17.8 Å². The lowest BCUT2D eigenvalue weighted by molar-refractivity contribution is -0.00515. The average Bonchev–Trinajstić information content (AvgIpc) is 2.65. The van der Waals surface area contributed by atoms with Gasteiger partial charge >= 0.3 is 0 Å². The Morgan fingerprint density at radius 2 is 1.56 bits per heavy atom. The molecule has 4 saturated carbocycles. The van der Waals surface area contributed by atoms with E-state index in [9.17, 15) is 4.79 Å². The third kappa shape index (κ3) is 2.89. The van der Waals surface area contributed by atoms with Crippen LogP contribution >= 0.6 is 11.6 Å². The molecule has 140 valence electrons. The molecule has 6 rings (SSSR count). The van der Waals surface area contributed by atoms with Crippen LogP contribution in [0.4, 0.5) is 5.69 Å². The summed E-state index contributed by atoms with van der Waals surface area (Å²) in [6, 6.07) is 13.6. The van der Waals surface area contributed by atoms with Crippen LogP contribution < -0.4 is 5.32 Å². The molecular weight excluding hydrogens is 354 g/mol. The van der Waals surface area contributed by atoms with Crippen molar-refractivity contribution >= 4 is 23.2 Å². The largest absolute Gasteiger partial charge is 0.322 e. The van der Waals surface area contributed by atoms with Crippen LogP contribution in [0.15, 0.2) is 42.5 Å². The Hall–Kier alpha value is -1.80. The van der Waals surface area contributed by atoms with Gasteiger partial charge < -0.3 is 5.32 Å². The molecule has 4 aliphatic carbocycles. The van der Waals surface area contributed by atoms with Crippen LogP contribution in [0.5, 0.6) is 0 Å². The number of amides is 1. The van der Waals surface area contributed by atoms with Gasteiger partial charge in [0, 0.05) is 16.3 Å². The molecule has 4 fully saturated rings. The number of nitrogens with one attached hydrogen (secondary N) is 1. The van der Waals surface area contributed by atoms with Crippen LogP contribution in [0.3, 0.4) is 0 Å². The minimum atomic E-state index is -0.0858. The lowest BCUT2D eigenvalue weighted by atomic mass is 9.48. The Balaban J connectivity index is 1.45. The van der Waals surface area contributed by atoms with E-state index in [1.54, 1.807) is 0 Å². The van der Waals surface area contributed by atoms with Gasteiger partial charge in [-0.05, 0) is 97.9 Å². The van der Waals surface area contributed by atoms with Crippen molar-refractivity contribution in [3.63, 3.8) is 0 Å². The molecule has 0 atom stereocenters. The highest BCUT2D eigenvalue weighted by molar-refractivity contribution is 6.32. The average molecular weight is 380 g/mol. The maximum Gasteiger partial charge on any atom is 0.255 e. The molecule has 4 aliphatic rings. The highest BCUT2D eigenvalue weighted by Crippen LogP contribution is 2.61. The van der Waals surface area contributed by atoms with Gasteiger partial charge in [0.15, 0.2) is 0 Å². The second-order valence-electron chi connectivity index (χ2n) is 9.12. The molecule has 2 nitrogen and oxygen atoms in total. The van der Waals surface area contributed by atoms with E-state index in [-0.39, 0.29) is 11.3 Å². The predicted molar refractivity (Wildman–Crippen MR) is 110 cm³/mol. The van der Waals surface area contributed by atoms with Crippen molar-refractivity contribution in [3.05, 3.63) is 64.2 Å². The minimum absolute atomic E-state index is 0.0858. The van der Waals surface area contributed by atoms with Gasteiger partial charge in [0.25, 0.3) is 5.91 Å². The van der Waals surface area contributed by atoms with E-state index in [0.29, 0.717) is 5.56 Å². The number of hydrogen-bond donors (Lipinski definition) is 1. The summed E-state index contributed by atoms with van der Waals surface area (Å²) in [4.78, 5) is 12.5. The van der Waals surface area contributed by atoms with Crippen molar-refractivity contribution in [1.29, 1.82) is 0 Å². The number of hydrogen-bond acceptors (Lipinski definition) is 1. The molecule has 0 heterocycles. The molecule has 0 radical (unpaired) electrons. The van der Waals surface area contributed by atoms with Crippen molar-refractivity contribution in [3.8, 4) is 0 Å². The molecule has 27 heavy (non-hydrogen) atoms. The van der Waals surface area contributed by atoms with Crippen molar-refractivity contribution in [2.75, 3.05) is 5.32 Å². The Labute approximate surface area is 166 Å². The van der Waals surface area contributed by atoms with Gasteiger partial charge in [0.05, 0.1) is 0 Å². The Kier molecular flexibility index (Phi) is 4.09. The lowest BCUT2D eigenvalue weighted by Crippen LogP contribution is -2.48. The van der Waals surface area contributed by atoms with Crippen LogP contribution in [0.2, 0.25) is 5.02 Å². The number of carbonyl (C=O) groups is 1. The fourth-order valence-electron chi connectivity index (χ4n) is 6.45. The molecular formula is C24H26ClNO. The van der Waals surface area contributed by atoms with Crippen molar-refractivity contribution in [2.45, 2.75) is 50.9 Å². The topological polar surface area (TPSA) is 29.1 Å². The molecule has 1 amide bonds. The van der Waals surface area contributed by atoms with Crippen LogP contribution in [0.1, 0.15) is 60.0 Å². The minimum Gasteiger partial charge on any atom is -0.322 e. The van der Waals surface area contributed by atoms with Crippen molar-refractivity contribution in [1.82, 2.24) is 0 Å². The molecule has 0 aromatic heterocycles. The fraction of sp³-hybridized carbons (Fsp3) is 0.458. The smallest absolute Gasteiger partial charge is 0.255 e. The predicted octanol–water partition coefficient (Wildman–Crippen LogP) is 6.37. The summed E-state index contributed by atoms with van der Waals surface area (Å²) in [7, 11) is 0. The van der Waals surface area contributed by atoms with E-state index in [1.807, 2.05) is 37.3 Å². The van der Waals surface area contributed by atoms with E-state index in [0.717, 1.165) is 34.0 Å². The first-order valence-corrected chi connectivity index (χ1v) is 10.6. The third-order valence-corrected chi connectivity index (χ3v) is 7.77. The Morgan fingerprint density at radius 1 is 0.963 bits per heavy atom. The number of halogens is 1. The van der Waals surface area contributed by atoms with E-state index in [2.05, 4.69) is 17.4 Å². The van der Waals surface area contributed by atoms with Gasteiger partial charge in [-0.25, -0.2) is 0 Å². The summed E-state index contributed by atoms with van der Waals surface area (Å²) >= 11 is 6.91. The monoisotopic (exact) mass is 379 g/mol. The van der Waals surface area contributed by atoms with Gasteiger partial charge in [0.2, 0.25) is 0 Å². The molecule has 0 spiro atoms. The zero-order valence-electron chi connectivity index (χ0n) is 15.8. The normalized spacial score (nSPS) is 31.1. The van der Waals surface area contributed by atoms with Crippen LogP contribution in [0.25, 0.3) is 0 Å². The summed E-state index contributed by atoms with van der Waals surface area (Å²) in [6.07, 6.45) is 8.19. The highest BCUT2D eigenvalue weighted by atomic mass is 35.5. The number of carbonyl (C=O) groups excluding carboxylic acids is 1. The molecule has 0 unspecified atom stereocenters. The van der Waals surface area contributed by atoms with Crippen LogP contribution in [0, 0.1) is 24.7 Å². The lowest BCUT2D eigenvalue weighted by Gasteiger charge is -2.57. The summed E-state index contributed by atoms with van der Waals surface area (Å²) in [5.41, 5.74) is 4.09. The molecule has 2 aromatic rings. The second-order valence-corrected chi connectivity index (χ2v) is 9.50. The summed E-state index contributed by atoms with van der Waals surface area (Å²) in [5, 5.41) is 3.91. The van der Waals surface area contributed by atoms with Crippen LogP contribution in [-0.4, -0.2) is 5.91 Å². The summed E-state index contributed by atoms with van der Waals surface area (Å²) in [5.74, 6) is 2.59. The Bertz CT molecular complexity index is 853. The molecule has 2 aromatic carbocycles. The number of benzene rings is 2. The van der Waals surface area contributed by atoms with E-state index >= 15 is 0 Å². The highest BCUT2D eigenvalue weighted by Gasteiger charge is 2.52. The number of anilines is 1. The van der Waals surface area contributed by atoms with E-state index in [4.69, 9.17) is 11.6 Å².